The van der Waals surface area contributed by atoms with E-state index in [1.807, 2.05) is 42.5 Å². The first-order chi connectivity index (χ1) is 20.4. The number of carbonyl (C=O) groups excluding carboxylic acids is 1. The summed E-state index contributed by atoms with van der Waals surface area (Å²) in [6, 6.07) is 33.1. The number of hydrogen-bond donors (Lipinski definition) is 3. The minimum Gasteiger partial charge on any atom is -0.414 e. The fourth-order valence-corrected chi connectivity index (χ4v) is 6.23. The Morgan fingerprint density at radius 1 is 0.833 bits per heavy atom. The van der Waals surface area contributed by atoms with Gasteiger partial charge in [-0.3, -0.25) is 9.48 Å². The number of anilines is 1. The minimum atomic E-state index is -4.01. The monoisotopic (exact) mass is 582 g/mol. The van der Waals surface area contributed by atoms with Crippen molar-refractivity contribution in [2.45, 2.75) is 11.8 Å². The van der Waals surface area contributed by atoms with Crippen LogP contribution >= 0.6 is 7.60 Å². The fourth-order valence-electron chi connectivity index (χ4n) is 4.34. The van der Waals surface area contributed by atoms with Crippen LogP contribution in [0.2, 0.25) is 0 Å². The first kappa shape index (κ1) is 28.7. The number of aromatic nitrogens is 2. The molecule has 0 saturated heterocycles. The van der Waals surface area contributed by atoms with Gasteiger partial charge in [-0.15, -0.1) is 0 Å². The number of hydrogen-bond acceptors (Lipinski definition) is 7. The first-order valence-electron chi connectivity index (χ1n) is 13.3. The predicted molar refractivity (Wildman–Crippen MR) is 161 cm³/mol. The molecule has 4 aromatic carbocycles. The van der Waals surface area contributed by atoms with Crippen molar-refractivity contribution in [2.24, 2.45) is 7.05 Å². The third-order valence-corrected chi connectivity index (χ3v) is 8.44. The van der Waals surface area contributed by atoms with Crippen molar-refractivity contribution in [2.75, 3.05) is 11.9 Å². The largest absolute Gasteiger partial charge is 0.457 e. The molecule has 0 aliphatic heterocycles. The number of para-hydroxylation sites is 2. The van der Waals surface area contributed by atoms with Gasteiger partial charge in [-0.25, -0.2) is 4.57 Å². The SMILES string of the molecule is Cn1cc(C(Nc2ccc(C(=O)N[C@H](CO)c3ccccc3)cc2)P(=O)(Oc2ccccc2)Oc2ccccc2)cn1. The van der Waals surface area contributed by atoms with Crippen LogP contribution in [0.15, 0.2) is 128 Å². The molecule has 1 unspecified atom stereocenters. The van der Waals surface area contributed by atoms with Crippen molar-refractivity contribution in [1.29, 1.82) is 0 Å². The van der Waals surface area contributed by atoms with E-state index in [0.717, 1.165) is 5.56 Å². The number of amides is 1. The highest BCUT2D eigenvalue weighted by Gasteiger charge is 2.42. The molecular weight excluding hydrogens is 551 g/mol. The Hall–Kier alpha value is -4.85. The van der Waals surface area contributed by atoms with E-state index in [2.05, 4.69) is 15.7 Å². The summed E-state index contributed by atoms with van der Waals surface area (Å²) < 4.78 is 28.5. The Morgan fingerprint density at radius 3 is 1.88 bits per heavy atom. The second-order valence-electron chi connectivity index (χ2n) is 9.54. The average Bonchev–Trinajstić information content (AvgIpc) is 3.45. The molecule has 10 heteroatoms. The van der Waals surface area contributed by atoms with Crippen LogP contribution in [0.1, 0.15) is 33.3 Å². The van der Waals surface area contributed by atoms with Crippen molar-refractivity contribution < 1.29 is 23.5 Å². The molecule has 0 radical (unpaired) electrons. The molecule has 42 heavy (non-hydrogen) atoms. The van der Waals surface area contributed by atoms with Gasteiger partial charge in [0.25, 0.3) is 5.91 Å². The number of nitrogens with one attached hydrogen (secondary N) is 2. The van der Waals surface area contributed by atoms with E-state index < -0.39 is 19.4 Å². The van der Waals surface area contributed by atoms with Crippen LogP contribution in [0, 0.1) is 0 Å². The highest BCUT2D eigenvalue weighted by Crippen LogP contribution is 2.60. The highest BCUT2D eigenvalue weighted by molar-refractivity contribution is 7.55. The van der Waals surface area contributed by atoms with Gasteiger partial charge in [0.2, 0.25) is 0 Å². The fraction of sp³-hybridized carbons (Fsp3) is 0.125. The van der Waals surface area contributed by atoms with E-state index in [9.17, 15) is 14.5 Å². The number of aryl methyl sites for hydroxylation is 1. The average molecular weight is 583 g/mol. The molecular formula is C32H31N4O5P. The molecule has 5 aromatic rings. The summed E-state index contributed by atoms with van der Waals surface area (Å²) in [7, 11) is -2.24. The molecule has 1 aromatic heterocycles. The van der Waals surface area contributed by atoms with Gasteiger partial charge < -0.3 is 24.8 Å². The summed E-state index contributed by atoms with van der Waals surface area (Å²) in [5.74, 6) is -0.519. The molecule has 0 fully saturated rings. The maximum Gasteiger partial charge on any atom is 0.457 e. The molecule has 1 amide bonds. The van der Waals surface area contributed by atoms with E-state index in [1.54, 1.807) is 96.9 Å². The highest BCUT2D eigenvalue weighted by atomic mass is 31.2. The van der Waals surface area contributed by atoms with Gasteiger partial charge in [0.15, 0.2) is 5.78 Å². The van der Waals surface area contributed by atoms with E-state index in [4.69, 9.17) is 9.05 Å². The van der Waals surface area contributed by atoms with Crippen LogP contribution < -0.4 is 19.7 Å². The Morgan fingerprint density at radius 2 is 1.38 bits per heavy atom. The second-order valence-corrected chi connectivity index (χ2v) is 11.5. The van der Waals surface area contributed by atoms with Gasteiger partial charge in [-0.2, -0.15) is 5.10 Å². The summed E-state index contributed by atoms with van der Waals surface area (Å²) >= 11 is 0. The van der Waals surface area contributed by atoms with E-state index in [-0.39, 0.29) is 12.5 Å². The van der Waals surface area contributed by atoms with Gasteiger partial charge in [0.05, 0.1) is 18.8 Å². The molecule has 0 aliphatic rings. The summed E-state index contributed by atoms with van der Waals surface area (Å²) in [6.45, 7) is -0.236. The van der Waals surface area contributed by atoms with Gasteiger partial charge >= 0.3 is 7.60 Å². The lowest BCUT2D eigenvalue weighted by atomic mass is 10.1. The summed E-state index contributed by atoms with van der Waals surface area (Å²) in [6.07, 6.45) is 3.35. The van der Waals surface area contributed by atoms with Gasteiger partial charge in [-0.1, -0.05) is 66.7 Å². The predicted octanol–water partition coefficient (Wildman–Crippen LogP) is 6.35. The van der Waals surface area contributed by atoms with Crippen LogP contribution in [0.3, 0.4) is 0 Å². The minimum absolute atomic E-state index is 0.236. The summed E-state index contributed by atoms with van der Waals surface area (Å²) in [5.41, 5.74) is 2.37. The molecule has 5 rings (SSSR count). The summed E-state index contributed by atoms with van der Waals surface area (Å²) in [5, 5.41) is 20.3. The van der Waals surface area contributed by atoms with Crippen molar-refractivity contribution in [3.05, 3.63) is 144 Å². The molecule has 9 nitrogen and oxygen atoms in total. The smallest absolute Gasteiger partial charge is 0.414 e. The third kappa shape index (κ3) is 7.07. The van der Waals surface area contributed by atoms with E-state index >= 15 is 0 Å². The Bertz CT molecular complexity index is 1580. The van der Waals surface area contributed by atoms with Crippen LogP contribution in [0.5, 0.6) is 11.5 Å². The van der Waals surface area contributed by atoms with Crippen LogP contribution in [0.4, 0.5) is 5.69 Å². The maximum absolute atomic E-state index is 14.7. The molecule has 1 heterocycles. The van der Waals surface area contributed by atoms with Crippen molar-refractivity contribution in [3.8, 4) is 11.5 Å². The second kappa shape index (κ2) is 13.2. The Balaban J connectivity index is 1.42. The van der Waals surface area contributed by atoms with Crippen LogP contribution in [-0.4, -0.2) is 27.4 Å². The lowest BCUT2D eigenvalue weighted by Gasteiger charge is -2.28. The van der Waals surface area contributed by atoms with Crippen molar-refractivity contribution in [1.82, 2.24) is 15.1 Å². The molecule has 0 saturated carbocycles. The zero-order chi connectivity index (χ0) is 29.4. The quantitative estimate of drug-likeness (QED) is 0.147. The molecule has 2 atom stereocenters. The lowest BCUT2D eigenvalue weighted by molar-refractivity contribution is 0.0916. The Kier molecular flexibility index (Phi) is 9.02. The van der Waals surface area contributed by atoms with Gasteiger partial charge in [0.1, 0.15) is 11.5 Å². The standard InChI is InChI=1S/C32H31N4O5P/c1-36-22-26(21-33-36)32(42(39,40-28-13-7-3-8-14-28)41-29-15-9-4-10-16-29)34-27-19-17-25(18-20-27)31(38)35-30(23-37)24-11-5-2-6-12-24/h2-22,30,32,34,37H,23H2,1H3,(H,35,38)/t30-,32?/m1/s1. The zero-order valence-electron chi connectivity index (χ0n) is 22.9. The number of nitrogens with zero attached hydrogens (tertiary/aromatic N) is 2. The molecule has 0 aliphatic carbocycles. The van der Waals surface area contributed by atoms with Gasteiger partial charge in [-0.05, 0) is 54.1 Å². The Labute approximate surface area is 244 Å². The maximum atomic E-state index is 14.7. The molecule has 0 bridgehead atoms. The number of benzene rings is 4. The van der Waals surface area contributed by atoms with E-state index in [0.29, 0.717) is 28.3 Å². The van der Waals surface area contributed by atoms with Crippen LogP contribution in [-0.2, 0) is 11.6 Å². The topological polar surface area (TPSA) is 115 Å². The van der Waals surface area contributed by atoms with Crippen LogP contribution in [0.25, 0.3) is 0 Å². The third-order valence-electron chi connectivity index (χ3n) is 6.45. The normalized spacial score (nSPS) is 12.6. The van der Waals surface area contributed by atoms with Gasteiger partial charge in [0, 0.05) is 30.1 Å². The van der Waals surface area contributed by atoms with Crippen molar-refractivity contribution >= 4 is 19.2 Å². The number of carbonyl (C=O) groups is 1. The first-order valence-corrected chi connectivity index (χ1v) is 15.0. The number of aliphatic hydroxyl groups is 1. The number of rotatable bonds is 12. The number of aliphatic hydroxyl groups excluding tert-OH is 1. The molecule has 0 spiro atoms. The summed E-state index contributed by atoms with van der Waals surface area (Å²) in [4.78, 5) is 13.0. The zero-order valence-corrected chi connectivity index (χ0v) is 23.8. The molecule has 214 valence electrons. The molecule has 3 N–H and O–H groups in total. The lowest BCUT2D eigenvalue weighted by Crippen LogP contribution is -2.30. The van der Waals surface area contributed by atoms with Crippen molar-refractivity contribution in [3.63, 3.8) is 0 Å². The van der Waals surface area contributed by atoms with E-state index in [1.165, 1.54) is 0 Å².